The van der Waals surface area contributed by atoms with Crippen LogP contribution in [-0.2, 0) is 6.54 Å². The van der Waals surface area contributed by atoms with Gasteiger partial charge in [-0.25, -0.2) is 0 Å². The van der Waals surface area contributed by atoms with E-state index in [1.54, 1.807) is 0 Å². The molecular formula is C13H17N5OS. The molecule has 20 heavy (non-hydrogen) atoms. The molecule has 0 aliphatic rings. The van der Waals surface area contributed by atoms with Crippen LogP contribution < -0.4 is 16.4 Å². The maximum absolute atomic E-state index is 11.5. The number of anilines is 2. The molecule has 106 valence electrons. The second kappa shape index (κ2) is 5.87. The van der Waals surface area contributed by atoms with Gasteiger partial charge >= 0.3 is 0 Å². The van der Waals surface area contributed by atoms with Crippen molar-refractivity contribution < 1.29 is 4.79 Å². The van der Waals surface area contributed by atoms with E-state index >= 15 is 0 Å². The summed E-state index contributed by atoms with van der Waals surface area (Å²) in [5, 5.41) is 0.695. The molecule has 0 bridgehead atoms. The summed E-state index contributed by atoms with van der Waals surface area (Å²) >= 11 is 1.18. The van der Waals surface area contributed by atoms with Crippen LogP contribution in [0.15, 0.2) is 18.2 Å². The maximum atomic E-state index is 11.5. The van der Waals surface area contributed by atoms with Crippen molar-refractivity contribution >= 4 is 28.3 Å². The molecule has 1 amide bonds. The fourth-order valence-corrected chi connectivity index (χ4v) is 2.83. The average molecular weight is 291 g/mol. The number of nitrogen functional groups attached to an aromatic ring is 1. The number of aryl methyl sites for hydroxylation is 1. The third-order valence-corrected chi connectivity index (χ3v) is 3.84. The molecule has 2 aromatic rings. The van der Waals surface area contributed by atoms with Crippen molar-refractivity contribution in [1.29, 1.82) is 0 Å². The van der Waals surface area contributed by atoms with Crippen LogP contribution in [0.3, 0.4) is 0 Å². The molecular weight excluding hydrogens is 274 g/mol. The van der Waals surface area contributed by atoms with Crippen molar-refractivity contribution in [2.75, 3.05) is 17.2 Å². The van der Waals surface area contributed by atoms with Gasteiger partial charge in [-0.2, -0.15) is 4.37 Å². The Morgan fingerprint density at radius 1 is 1.45 bits per heavy atom. The monoisotopic (exact) mass is 291 g/mol. The number of rotatable bonds is 5. The highest BCUT2D eigenvalue weighted by atomic mass is 32.1. The van der Waals surface area contributed by atoms with Crippen LogP contribution in [0.5, 0.6) is 0 Å². The first-order valence-electron chi connectivity index (χ1n) is 6.25. The predicted octanol–water partition coefficient (Wildman–Crippen LogP) is 1.55. The van der Waals surface area contributed by atoms with Gasteiger partial charge in [0.05, 0.1) is 12.2 Å². The molecule has 0 saturated heterocycles. The fourth-order valence-electron chi connectivity index (χ4n) is 1.95. The van der Waals surface area contributed by atoms with Crippen LogP contribution in [0.2, 0.25) is 0 Å². The van der Waals surface area contributed by atoms with Crippen molar-refractivity contribution in [3.05, 3.63) is 35.2 Å². The SMILES string of the molecule is CCN(Cc1cccc(C)n1)c1snc(N)c1C(N)=O. The minimum atomic E-state index is -0.554. The van der Waals surface area contributed by atoms with E-state index in [9.17, 15) is 4.79 Å². The van der Waals surface area contributed by atoms with Crippen molar-refractivity contribution in [2.24, 2.45) is 5.73 Å². The van der Waals surface area contributed by atoms with Gasteiger partial charge in [0.25, 0.3) is 5.91 Å². The second-order valence-electron chi connectivity index (χ2n) is 4.40. The summed E-state index contributed by atoms with van der Waals surface area (Å²) < 4.78 is 4.02. The van der Waals surface area contributed by atoms with Gasteiger partial charge in [0.2, 0.25) is 0 Å². The Bertz CT molecular complexity index is 625. The summed E-state index contributed by atoms with van der Waals surface area (Å²) in [5.41, 5.74) is 13.3. The van der Waals surface area contributed by atoms with E-state index in [0.717, 1.165) is 11.4 Å². The molecule has 4 N–H and O–H groups in total. The lowest BCUT2D eigenvalue weighted by Crippen LogP contribution is -2.25. The number of pyridine rings is 1. The molecule has 0 aliphatic carbocycles. The average Bonchev–Trinajstić information content (AvgIpc) is 2.78. The van der Waals surface area contributed by atoms with Gasteiger partial charge in [0.15, 0.2) is 5.82 Å². The van der Waals surface area contributed by atoms with Gasteiger partial charge in [0, 0.05) is 12.2 Å². The minimum absolute atomic E-state index is 0.188. The van der Waals surface area contributed by atoms with Crippen LogP contribution in [0.1, 0.15) is 28.7 Å². The van der Waals surface area contributed by atoms with Crippen LogP contribution in [0.25, 0.3) is 0 Å². The molecule has 0 aliphatic heterocycles. The number of nitrogens with two attached hydrogens (primary N) is 2. The van der Waals surface area contributed by atoms with E-state index in [0.29, 0.717) is 23.7 Å². The first kappa shape index (κ1) is 14.3. The summed E-state index contributed by atoms with van der Waals surface area (Å²) in [7, 11) is 0. The first-order chi connectivity index (χ1) is 9.52. The Labute approximate surface area is 121 Å². The number of hydrogen-bond donors (Lipinski definition) is 2. The Balaban J connectivity index is 2.31. The topological polar surface area (TPSA) is 98.1 Å². The van der Waals surface area contributed by atoms with Gasteiger partial charge in [-0.15, -0.1) is 0 Å². The van der Waals surface area contributed by atoms with Gasteiger partial charge in [-0.3, -0.25) is 9.78 Å². The predicted molar refractivity (Wildman–Crippen MR) is 80.7 cm³/mol. The fraction of sp³-hybridized carbons (Fsp3) is 0.308. The Morgan fingerprint density at radius 3 is 2.80 bits per heavy atom. The Kier molecular flexibility index (Phi) is 4.19. The largest absolute Gasteiger partial charge is 0.382 e. The van der Waals surface area contributed by atoms with E-state index in [1.807, 2.05) is 36.9 Å². The van der Waals surface area contributed by atoms with Crippen molar-refractivity contribution in [2.45, 2.75) is 20.4 Å². The van der Waals surface area contributed by atoms with Gasteiger partial charge in [-0.05, 0) is 37.5 Å². The number of nitrogens with zero attached hydrogens (tertiary/aromatic N) is 3. The minimum Gasteiger partial charge on any atom is -0.382 e. The maximum Gasteiger partial charge on any atom is 0.255 e. The number of hydrogen-bond acceptors (Lipinski definition) is 6. The zero-order valence-electron chi connectivity index (χ0n) is 11.5. The third kappa shape index (κ3) is 2.88. The molecule has 2 heterocycles. The molecule has 2 rings (SSSR count). The summed E-state index contributed by atoms with van der Waals surface area (Å²) in [5.74, 6) is -0.366. The lowest BCUT2D eigenvalue weighted by atomic mass is 10.2. The summed E-state index contributed by atoms with van der Waals surface area (Å²) in [6.07, 6.45) is 0. The zero-order valence-corrected chi connectivity index (χ0v) is 12.3. The van der Waals surface area contributed by atoms with Crippen LogP contribution in [0.4, 0.5) is 10.8 Å². The lowest BCUT2D eigenvalue weighted by molar-refractivity contribution is 0.100. The highest BCUT2D eigenvalue weighted by Gasteiger charge is 2.21. The standard InChI is InChI=1S/C13H17N5OS/c1-3-18(7-9-6-4-5-8(2)16-9)13-10(12(15)19)11(14)17-20-13/h4-6H,3,7H2,1-2H3,(H2,14,17)(H2,15,19). The summed E-state index contributed by atoms with van der Waals surface area (Å²) in [6, 6.07) is 5.85. The van der Waals surface area contributed by atoms with E-state index in [1.165, 1.54) is 11.5 Å². The van der Waals surface area contributed by atoms with E-state index < -0.39 is 5.91 Å². The smallest absolute Gasteiger partial charge is 0.255 e. The van der Waals surface area contributed by atoms with E-state index in [2.05, 4.69) is 9.36 Å². The van der Waals surface area contributed by atoms with E-state index in [4.69, 9.17) is 11.5 Å². The third-order valence-electron chi connectivity index (χ3n) is 2.91. The number of carbonyl (C=O) groups excluding carboxylic acids is 1. The molecule has 0 unspecified atom stereocenters. The summed E-state index contributed by atoms with van der Waals surface area (Å²) in [4.78, 5) is 18.0. The Hall–Kier alpha value is -2.15. The molecule has 0 atom stereocenters. The molecule has 0 spiro atoms. The van der Waals surface area contributed by atoms with Crippen molar-refractivity contribution in [3.8, 4) is 0 Å². The normalized spacial score (nSPS) is 10.5. The molecule has 0 aromatic carbocycles. The molecule has 2 aromatic heterocycles. The summed E-state index contributed by atoms with van der Waals surface area (Å²) in [6.45, 7) is 5.23. The van der Waals surface area contributed by atoms with Crippen LogP contribution >= 0.6 is 11.5 Å². The van der Waals surface area contributed by atoms with Gasteiger partial charge in [0.1, 0.15) is 10.6 Å². The lowest BCUT2D eigenvalue weighted by Gasteiger charge is -2.21. The second-order valence-corrected chi connectivity index (χ2v) is 5.15. The highest BCUT2D eigenvalue weighted by Crippen LogP contribution is 2.30. The first-order valence-corrected chi connectivity index (χ1v) is 7.02. The van der Waals surface area contributed by atoms with Crippen LogP contribution in [-0.4, -0.2) is 21.8 Å². The number of carbonyl (C=O) groups is 1. The Morgan fingerprint density at radius 2 is 2.20 bits per heavy atom. The van der Waals surface area contributed by atoms with Crippen LogP contribution in [0, 0.1) is 6.92 Å². The number of primary amides is 1. The molecule has 0 saturated carbocycles. The molecule has 7 heteroatoms. The molecule has 6 nitrogen and oxygen atoms in total. The van der Waals surface area contributed by atoms with Gasteiger partial charge < -0.3 is 16.4 Å². The number of amides is 1. The zero-order chi connectivity index (χ0) is 14.7. The number of aromatic nitrogens is 2. The van der Waals surface area contributed by atoms with E-state index in [-0.39, 0.29) is 5.82 Å². The molecule has 0 fully saturated rings. The molecule has 0 radical (unpaired) electrons. The quantitative estimate of drug-likeness (QED) is 0.871. The van der Waals surface area contributed by atoms with Crippen molar-refractivity contribution in [3.63, 3.8) is 0 Å². The van der Waals surface area contributed by atoms with Gasteiger partial charge in [-0.1, -0.05) is 6.07 Å². The highest BCUT2D eigenvalue weighted by molar-refractivity contribution is 7.11. The van der Waals surface area contributed by atoms with Crippen molar-refractivity contribution in [1.82, 2.24) is 9.36 Å².